The molecule has 2 rings (SSSR count). The van der Waals surface area contributed by atoms with Crippen LogP contribution in [0.4, 0.5) is 0 Å². The fourth-order valence-corrected chi connectivity index (χ4v) is 3.09. The first kappa shape index (κ1) is 20.8. The van der Waals surface area contributed by atoms with E-state index in [0.717, 1.165) is 11.3 Å². The Bertz CT molecular complexity index is 841. The summed E-state index contributed by atoms with van der Waals surface area (Å²) in [6.07, 6.45) is 0. The molecule has 1 aromatic carbocycles. The summed E-state index contributed by atoms with van der Waals surface area (Å²) in [5.41, 5.74) is 0.00617. The van der Waals surface area contributed by atoms with Crippen molar-refractivity contribution in [1.82, 2.24) is 20.1 Å². The molecule has 0 spiro atoms. The molecule has 0 radical (unpaired) electrons. The fraction of sp³-hybridized carbons (Fsp3) is 0.474. The van der Waals surface area contributed by atoms with Gasteiger partial charge in [-0.25, -0.2) is 0 Å². The van der Waals surface area contributed by atoms with E-state index in [4.69, 9.17) is 4.74 Å². The third-order valence-corrected chi connectivity index (χ3v) is 5.74. The number of ether oxygens (including phenoxy) is 1. The smallest absolute Gasteiger partial charge is 0.234 e. The van der Waals surface area contributed by atoms with Crippen LogP contribution in [0.15, 0.2) is 29.4 Å². The Kier molecular flexibility index (Phi) is 6.50. The maximum Gasteiger partial charge on any atom is 0.234 e. The molecule has 7 nitrogen and oxygen atoms in total. The lowest BCUT2D eigenvalue weighted by molar-refractivity contribution is -0.121. The molecule has 8 heteroatoms. The van der Waals surface area contributed by atoms with E-state index in [0.29, 0.717) is 11.0 Å². The number of nitriles is 1. The number of hydrogen-bond donors (Lipinski definition) is 1. The van der Waals surface area contributed by atoms with Gasteiger partial charge in [0.25, 0.3) is 0 Å². The molecular formula is C19H25N5O2S. The number of benzene rings is 1. The summed E-state index contributed by atoms with van der Waals surface area (Å²) < 4.78 is 7.02. The van der Waals surface area contributed by atoms with Gasteiger partial charge in [-0.3, -0.25) is 4.79 Å². The monoisotopic (exact) mass is 387 g/mol. The Balaban J connectivity index is 2.12. The van der Waals surface area contributed by atoms with Crippen molar-refractivity contribution in [3.05, 3.63) is 24.3 Å². The van der Waals surface area contributed by atoms with Crippen LogP contribution in [-0.2, 0) is 11.8 Å². The standard InChI is InChI=1S/C19H25N5O2S/c1-12(2)19(4,11-20)21-17(25)13(3)27-18-23-22-16(24(18)5)14-7-9-15(26-6)10-8-14/h7-10,12-13H,1-6H3,(H,21,25). The zero-order valence-electron chi connectivity index (χ0n) is 16.5. The molecule has 144 valence electrons. The molecule has 1 amide bonds. The number of aromatic nitrogens is 3. The van der Waals surface area contributed by atoms with Gasteiger partial charge in [-0.05, 0) is 44.0 Å². The molecule has 1 aromatic heterocycles. The lowest BCUT2D eigenvalue weighted by Gasteiger charge is -2.28. The molecule has 1 heterocycles. The second-order valence-corrected chi connectivity index (χ2v) is 8.12. The predicted octanol–water partition coefficient (Wildman–Crippen LogP) is 3.03. The lowest BCUT2D eigenvalue weighted by Crippen LogP contribution is -2.51. The van der Waals surface area contributed by atoms with Crippen LogP contribution in [0.5, 0.6) is 5.75 Å². The molecule has 2 aromatic rings. The van der Waals surface area contributed by atoms with Gasteiger partial charge in [-0.2, -0.15) is 5.26 Å². The number of rotatable bonds is 7. The summed E-state index contributed by atoms with van der Waals surface area (Å²) in [7, 11) is 3.48. The van der Waals surface area contributed by atoms with Gasteiger partial charge in [0.1, 0.15) is 11.3 Å². The molecule has 2 atom stereocenters. The van der Waals surface area contributed by atoms with Gasteiger partial charge in [-0.1, -0.05) is 25.6 Å². The van der Waals surface area contributed by atoms with Crippen LogP contribution in [-0.4, -0.2) is 38.6 Å². The molecule has 0 fully saturated rings. The average Bonchev–Trinajstić information content (AvgIpc) is 3.01. The molecular weight excluding hydrogens is 362 g/mol. The summed E-state index contributed by atoms with van der Waals surface area (Å²) >= 11 is 1.31. The van der Waals surface area contributed by atoms with Gasteiger partial charge in [0.15, 0.2) is 11.0 Å². The maximum atomic E-state index is 12.5. The largest absolute Gasteiger partial charge is 0.497 e. The van der Waals surface area contributed by atoms with Crippen LogP contribution < -0.4 is 10.1 Å². The number of hydrogen-bond acceptors (Lipinski definition) is 6. The molecule has 0 saturated carbocycles. The Morgan fingerprint density at radius 3 is 2.44 bits per heavy atom. The van der Waals surface area contributed by atoms with Gasteiger partial charge >= 0.3 is 0 Å². The molecule has 0 aliphatic carbocycles. The van der Waals surface area contributed by atoms with Crippen molar-refractivity contribution in [2.75, 3.05) is 7.11 Å². The fourth-order valence-electron chi connectivity index (χ4n) is 2.28. The zero-order valence-corrected chi connectivity index (χ0v) is 17.3. The zero-order chi connectivity index (χ0) is 20.2. The summed E-state index contributed by atoms with van der Waals surface area (Å²) in [5, 5.41) is 20.9. The van der Waals surface area contributed by atoms with Gasteiger partial charge in [0.2, 0.25) is 5.91 Å². The van der Waals surface area contributed by atoms with Crippen molar-refractivity contribution in [2.24, 2.45) is 13.0 Å². The number of carbonyl (C=O) groups is 1. The summed E-state index contributed by atoms with van der Waals surface area (Å²) in [4.78, 5) is 12.5. The van der Waals surface area contributed by atoms with Crippen molar-refractivity contribution in [3.8, 4) is 23.2 Å². The van der Waals surface area contributed by atoms with Gasteiger partial charge in [0, 0.05) is 12.6 Å². The highest BCUT2D eigenvalue weighted by molar-refractivity contribution is 8.00. The number of amides is 1. The molecule has 0 aliphatic rings. The average molecular weight is 388 g/mol. The lowest BCUT2D eigenvalue weighted by atomic mass is 9.90. The predicted molar refractivity (Wildman–Crippen MR) is 105 cm³/mol. The van der Waals surface area contributed by atoms with E-state index < -0.39 is 10.8 Å². The van der Waals surface area contributed by atoms with Crippen LogP contribution in [0.1, 0.15) is 27.7 Å². The highest BCUT2D eigenvalue weighted by Crippen LogP contribution is 2.27. The van der Waals surface area contributed by atoms with E-state index in [9.17, 15) is 10.1 Å². The van der Waals surface area contributed by atoms with E-state index in [1.165, 1.54) is 11.8 Å². The molecule has 1 N–H and O–H groups in total. The minimum atomic E-state index is -0.903. The highest BCUT2D eigenvalue weighted by Gasteiger charge is 2.32. The van der Waals surface area contributed by atoms with Gasteiger partial charge in [0.05, 0.1) is 18.4 Å². The Labute approximate surface area is 164 Å². The minimum Gasteiger partial charge on any atom is -0.497 e. The number of nitrogens with zero attached hydrogens (tertiary/aromatic N) is 4. The Morgan fingerprint density at radius 2 is 1.93 bits per heavy atom. The van der Waals surface area contributed by atoms with Crippen LogP contribution in [0.3, 0.4) is 0 Å². The molecule has 0 aliphatic heterocycles. The summed E-state index contributed by atoms with van der Waals surface area (Å²) in [6.45, 7) is 7.34. The van der Waals surface area contributed by atoms with E-state index in [1.807, 2.05) is 49.7 Å². The van der Waals surface area contributed by atoms with E-state index >= 15 is 0 Å². The third kappa shape index (κ3) is 4.61. The van der Waals surface area contributed by atoms with Crippen molar-refractivity contribution >= 4 is 17.7 Å². The highest BCUT2D eigenvalue weighted by atomic mass is 32.2. The second kappa shape index (κ2) is 8.44. The first-order chi connectivity index (χ1) is 12.7. The van der Waals surface area contributed by atoms with Crippen LogP contribution >= 0.6 is 11.8 Å². The van der Waals surface area contributed by atoms with Crippen molar-refractivity contribution < 1.29 is 9.53 Å². The van der Waals surface area contributed by atoms with Crippen LogP contribution in [0, 0.1) is 17.2 Å². The maximum absolute atomic E-state index is 12.5. The Hall–Kier alpha value is -2.53. The number of methoxy groups -OCH3 is 1. The summed E-state index contributed by atoms with van der Waals surface area (Å²) in [5.74, 6) is 1.27. The number of nitrogens with one attached hydrogen (secondary N) is 1. The molecule has 0 bridgehead atoms. The van der Waals surface area contributed by atoms with Crippen LogP contribution in [0.25, 0.3) is 11.4 Å². The number of carbonyl (C=O) groups excluding carboxylic acids is 1. The first-order valence-electron chi connectivity index (χ1n) is 8.65. The van der Waals surface area contributed by atoms with Crippen molar-refractivity contribution in [1.29, 1.82) is 5.26 Å². The van der Waals surface area contributed by atoms with Gasteiger partial charge in [-0.15, -0.1) is 10.2 Å². The van der Waals surface area contributed by atoms with Crippen LogP contribution in [0.2, 0.25) is 0 Å². The normalized spacial score (nSPS) is 14.3. The third-order valence-electron chi connectivity index (χ3n) is 4.60. The first-order valence-corrected chi connectivity index (χ1v) is 9.53. The van der Waals surface area contributed by atoms with Crippen molar-refractivity contribution in [3.63, 3.8) is 0 Å². The topological polar surface area (TPSA) is 92.8 Å². The number of thioether (sulfide) groups is 1. The van der Waals surface area contributed by atoms with Crippen molar-refractivity contribution in [2.45, 2.75) is 43.6 Å². The Morgan fingerprint density at radius 1 is 1.30 bits per heavy atom. The molecule has 2 unspecified atom stereocenters. The van der Waals surface area contributed by atoms with E-state index in [2.05, 4.69) is 21.6 Å². The summed E-state index contributed by atoms with van der Waals surface area (Å²) in [6, 6.07) is 9.74. The van der Waals surface area contributed by atoms with Gasteiger partial charge < -0.3 is 14.6 Å². The van der Waals surface area contributed by atoms with E-state index in [1.54, 1.807) is 21.0 Å². The molecule has 0 saturated heterocycles. The quantitative estimate of drug-likeness (QED) is 0.734. The SMILES string of the molecule is COc1ccc(-c2nnc(SC(C)C(=O)NC(C)(C#N)C(C)C)n2C)cc1. The molecule has 27 heavy (non-hydrogen) atoms. The second-order valence-electron chi connectivity index (χ2n) is 6.81. The van der Waals surface area contributed by atoms with E-state index in [-0.39, 0.29) is 11.8 Å². The minimum absolute atomic E-state index is 0.000141.